The molecule has 6 rings (SSSR count). The summed E-state index contributed by atoms with van der Waals surface area (Å²) in [6.07, 6.45) is 6.90. The quantitative estimate of drug-likeness (QED) is 0.381. The van der Waals surface area contributed by atoms with Crippen LogP contribution < -0.4 is 5.32 Å². The maximum atomic E-state index is 6.20. The highest BCUT2D eigenvalue weighted by molar-refractivity contribution is 5.88. The van der Waals surface area contributed by atoms with E-state index in [0.29, 0.717) is 12.0 Å². The van der Waals surface area contributed by atoms with Gasteiger partial charge in [0.1, 0.15) is 17.4 Å². The minimum atomic E-state index is 0.560. The third kappa shape index (κ3) is 4.62. The first-order valence-corrected chi connectivity index (χ1v) is 13.4. The number of anilines is 2. The van der Waals surface area contributed by atoms with Crippen LogP contribution in [0, 0.1) is 12.8 Å². The van der Waals surface area contributed by atoms with Crippen LogP contribution in [0.2, 0.25) is 0 Å². The number of aromatic nitrogens is 1. The Hall–Kier alpha value is -2.90. The van der Waals surface area contributed by atoms with Crippen molar-refractivity contribution in [2.75, 3.05) is 45.7 Å². The fourth-order valence-corrected chi connectivity index (χ4v) is 5.61. The molecule has 2 fully saturated rings. The number of likely N-dealkylation sites (N-methyl/N-ethyl adjacent to an activating group) is 1. The van der Waals surface area contributed by atoms with E-state index in [9.17, 15) is 0 Å². The largest absolute Gasteiger partial charge is 0.442 e. The number of ether oxygens (including phenoxy) is 1. The van der Waals surface area contributed by atoms with Crippen LogP contribution in [0.25, 0.3) is 11.1 Å². The molecule has 7 nitrogen and oxygen atoms in total. The molecule has 0 bridgehead atoms. The summed E-state index contributed by atoms with van der Waals surface area (Å²) in [6.45, 7) is 5.56. The van der Waals surface area contributed by atoms with Gasteiger partial charge in [-0.3, -0.25) is 0 Å². The molecule has 1 aliphatic heterocycles. The van der Waals surface area contributed by atoms with E-state index in [1.54, 1.807) is 0 Å². The van der Waals surface area contributed by atoms with Crippen LogP contribution in [0.3, 0.4) is 0 Å². The topological polar surface area (TPSA) is 66.1 Å². The second-order valence-electron chi connectivity index (χ2n) is 10.7. The highest BCUT2D eigenvalue weighted by atomic mass is 16.5. The highest BCUT2D eigenvalue weighted by Gasteiger charge is 2.29. The Kier molecular flexibility index (Phi) is 6.44. The third-order valence-electron chi connectivity index (χ3n) is 8.14. The van der Waals surface area contributed by atoms with E-state index in [1.165, 1.54) is 36.2 Å². The van der Waals surface area contributed by atoms with Crippen molar-refractivity contribution in [3.8, 4) is 0 Å². The Balaban J connectivity index is 1.26. The summed E-state index contributed by atoms with van der Waals surface area (Å²) >= 11 is 0. The molecule has 1 unspecified atom stereocenters. The summed E-state index contributed by atoms with van der Waals surface area (Å²) in [5, 5.41) is 4.64. The van der Waals surface area contributed by atoms with Gasteiger partial charge in [0, 0.05) is 48.1 Å². The van der Waals surface area contributed by atoms with Crippen molar-refractivity contribution in [1.29, 1.82) is 0 Å². The number of furan rings is 1. The molecule has 36 heavy (non-hydrogen) atoms. The van der Waals surface area contributed by atoms with Crippen molar-refractivity contribution >= 4 is 34.1 Å². The Labute approximate surface area is 213 Å². The molecule has 1 aromatic carbocycles. The van der Waals surface area contributed by atoms with Gasteiger partial charge in [-0.25, -0.2) is 4.99 Å². The molecule has 3 aromatic rings. The number of amidine groups is 1. The Morgan fingerprint density at radius 2 is 1.94 bits per heavy atom. The Morgan fingerprint density at radius 3 is 2.69 bits per heavy atom. The lowest BCUT2D eigenvalue weighted by molar-refractivity contribution is 0.0645. The number of nitrogens with zero attached hydrogens (tertiary/aromatic N) is 4. The number of benzene rings is 1. The lowest BCUT2D eigenvalue weighted by Gasteiger charge is -2.37. The number of nitrogens with one attached hydrogen (secondary N) is 1. The minimum absolute atomic E-state index is 0.560. The number of aliphatic imine (C=N–C) groups is 1. The standard InChI is InChI=1S/C29H37N5O2/c1-19-7-8-21(17-25(19)31-28(20-5-4-6-20)34-13-15-35-16-14-34)30-27-12-10-23-24-18-22(33(2)3)9-11-26(24)36-29(23)32-27/h7-8,10,12,17,20,22H,4-6,9,11,13-16,18H2,1-3H3,(H,30,32). The maximum absolute atomic E-state index is 6.20. The van der Waals surface area contributed by atoms with E-state index in [2.05, 4.69) is 66.5 Å². The molecule has 1 N–H and O–H groups in total. The number of hydrogen-bond donors (Lipinski definition) is 1. The van der Waals surface area contributed by atoms with Crippen molar-refractivity contribution < 1.29 is 9.15 Å². The third-order valence-corrected chi connectivity index (χ3v) is 8.14. The predicted molar refractivity (Wildman–Crippen MR) is 145 cm³/mol. The molecule has 190 valence electrons. The summed E-state index contributed by atoms with van der Waals surface area (Å²) < 4.78 is 11.8. The zero-order valence-electron chi connectivity index (χ0n) is 21.7. The number of hydrogen-bond acceptors (Lipinski definition) is 6. The lowest BCUT2D eigenvalue weighted by atomic mass is 9.83. The van der Waals surface area contributed by atoms with Gasteiger partial charge in [-0.2, -0.15) is 4.98 Å². The fourth-order valence-electron chi connectivity index (χ4n) is 5.61. The van der Waals surface area contributed by atoms with Crippen molar-refractivity contribution in [3.63, 3.8) is 0 Å². The van der Waals surface area contributed by atoms with Gasteiger partial charge in [0.25, 0.3) is 0 Å². The van der Waals surface area contributed by atoms with Gasteiger partial charge in [0.15, 0.2) is 0 Å². The SMILES string of the molecule is Cc1ccc(Nc2ccc3c4c(oc3n2)CCC(N(C)C)C4)cc1N=C(C1CCC1)N1CCOCC1. The normalized spacial score (nSPS) is 21.1. The number of rotatable bonds is 5. The van der Waals surface area contributed by atoms with E-state index in [1.807, 2.05) is 0 Å². The Bertz CT molecular complexity index is 1270. The zero-order chi connectivity index (χ0) is 24.6. The molecule has 0 radical (unpaired) electrons. The molecule has 0 spiro atoms. The van der Waals surface area contributed by atoms with Gasteiger partial charge in [-0.1, -0.05) is 12.5 Å². The van der Waals surface area contributed by atoms with Crippen molar-refractivity contribution in [2.45, 2.75) is 51.5 Å². The zero-order valence-corrected chi connectivity index (χ0v) is 21.7. The average molecular weight is 488 g/mol. The lowest BCUT2D eigenvalue weighted by Crippen LogP contribution is -2.45. The van der Waals surface area contributed by atoms with Gasteiger partial charge in [-0.15, -0.1) is 0 Å². The van der Waals surface area contributed by atoms with Gasteiger partial charge >= 0.3 is 0 Å². The number of pyridine rings is 1. The van der Waals surface area contributed by atoms with Crippen molar-refractivity contribution in [1.82, 2.24) is 14.8 Å². The molecular weight excluding hydrogens is 450 g/mol. The summed E-state index contributed by atoms with van der Waals surface area (Å²) in [5.41, 5.74) is 5.26. The summed E-state index contributed by atoms with van der Waals surface area (Å²) in [6, 6.07) is 11.2. The van der Waals surface area contributed by atoms with E-state index in [-0.39, 0.29) is 0 Å². The Morgan fingerprint density at radius 1 is 1.11 bits per heavy atom. The smallest absolute Gasteiger partial charge is 0.228 e. The fraction of sp³-hybridized carbons (Fsp3) is 0.517. The minimum Gasteiger partial charge on any atom is -0.442 e. The molecule has 3 aliphatic rings. The monoisotopic (exact) mass is 487 g/mol. The molecule has 1 saturated heterocycles. The summed E-state index contributed by atoms with van der Waals surface area (Å²) in [4.78, 5) is 14.8. The molecule has 7 heteroatoms. The van der Waals surface area contributed by atoms with Crippen LogP contribution in [0.4, 0.5) is 17.2 Å². The van der Waals surface area contributed by atoms with Gasteiger partial charge in [0.05, 0.1) is 18.9 Å². The van der Waals surface area contributed by atoms with E-state index >= 15 is 0 Å². The molecule has 1 atom stereocenters. The van der Waals surface area contributed by atoms with Crippen LogP contribution in [-0.4, -0.2) is 67.1 Å². The number of morpholine rings is 1. The van der Waals surface area contributed by atoms with Crippen LogP contribution in [0.15, 0.2) is 39.7 Å². The van der Waals surface area contributed by atoms with Gasteiger partial charge < -0.3 is 24.3 Å². The highest BCUT2D eigenvalue weighted by Crippen LogP contribution is 2.35. The first-order chi connectivity index (χ1) is 17.5. The molecule has 2 aliphatic carbocycles. The first-order valence-electron chi connectivity index (χ1n) is 13.4. The molecular formula is C29H37N5O2. The van der Waals surface area contributed by atoms with Crippen molar-refractivity contribution in [2.24, 2.45) is 10.9 Å². The average Bonchev–Trinajstić information content (AvgIpc) is 3.22. The summed E-state index contributed by atoms with van der Waals surface area (Å²) in [7, 11) is 4.32. The van der Waals surface area contributed by atoms with E-state index < -0.39 is 0 Å². The van der Waals surface area contributed by atoms with Gasteiger partial charge in [-0.05, 0) is 76.5 Å². The molecule has 2 aromatic heterocycles. The molecule has 1 saturated carbocycles. The number of aryl methyl sites for hydroxylation is 2. The first kappa shape index (κ1) is 23.5. The van der Waals surface area contributed by atoms with Crippen LogP contribution in [-0.2, 0) is 17.6 Å². The van der Waals surface area contributed by atoms with E-state index in [0.717, 1.165) is 79.6 Å². The van der Waals surface area contributed by atoms with Crippen LogP contribution in [0.1, 0.15) is 42.6 Å². The van der Waals surface area contributed by atoms with Crippen LogP contribution >= 0.6 is 0 Å². The molecule has 0 amide bonds. The molecule has 3 heterocycles. The van der Waals surface area contributed by atoms with E-state index in [4.69, 9.17) is 19.1 Å². The predicted octanol–water partition coefficient (Wildman–Crippen LogP) is 5.46. The van der Waals surface area contributed by atoms with Crippen molar-refractivity contribution in [3.05, 3.63) is 47.2 Å². The van der Waals surface area contributed by atoms with Gasteiger partial charge in [0.2, 0.25) is 5.71 Å². The summed E-state index contributed by atoms with van der Waals surface area (Å²) in [5.74, 6) is 3.71. The maximum Gasteiger partial charge on any atom is 0.228 e. The second-order valence-corrected chi connectivity index (χ2v) is 10.7. The van der Waals surface area contributed by atoms with Crippen LogP contribution in [0.5, 0.6) is 0 Å². The number of fused-ring (bicyclic) bond motifs is 3. The second kappa shape index (κ2) is 9.87.